The van der Waals surface area contributed by atoms with Gasteiger partial charge >= 0.3 is 5.69 Å². The highest BCUT2D eigenvalue weighted by molar-refractivity contribution is 5.35. The van der Waals surface area contributed by atoms with Gasteiger partial charge in [-0.1, -0.05) is 12.6 Å². The summed E-state index contributed by atoms with van der Waals surface area (Å²) in [6.45, 7) is 6.82. The lowest BCUT2D eigenvalue weighted by Crippen LogP contribution is -2.40. The zero-order chi connectivity index (χ0) is 13.1. The summed E-state index contributed by atoms with van der Waals surface area (Å²) in [6, 6.07) is 4.00. The van der Waals surface area contributed by atoms with E-state index >= 15 is 0 Å². The van der Waals surface area contributed by atoms with Crippen molar-refractivity contribution in [2.45, 2.75) is 6.54 Å². The molecule has 6 heteroatoms. The molecule has 5 nitrogen and oxygen atoms in total. The Morgan fingerprint density at radius 1 is 1.56 bits per heavy atom. The molecule has 0 amide bonds. The molecule has 0 saturated carbocycles. The summed E-state index contributed by atoms with van der Waals surface area (Å²) in [7, 11) is 0. The molecule has 1 aliphatic rings. The molecule has 1 heterocycles. The quantitative estimate of drug-likeness (QED) is 0.655. The Bertz CT molecular complexity index is 490. The standard InChI is InChI=1S/C12H14FN3O2/c1-9-7-14-4-5-15(9)8-10-2-3-12(16(17)18)11(13)6-10/h2-3,6,14H,1,4-5,7-8H2. The Morgan fingerprint density at radius 2 is 2.33 bits per heavy atom. The normalized spacial score (nSPS) is 15.8. The van der Waals surface area contributed by atoms with Gasteiger partial charge in [-0.2, -0.15) is 4.39 Å². The van der Waals surface area contributed by atoms with Gasteiger partial charge in [-0.05, 0) is 11.6 Å². The SMILES string of the molecule is C=C1CNCCN1Cc1ccc([N+](=O)[O-])c(F)c1. The molecule has 1 aromatic rings. The summed E-state index contributed by atoms with van der Waals surface area (Å²) in [5.41, 5.74) is 1.17. The maximum Gasteiger partial charge on any atom is 0.304 e. The van der Waals surface area contributed by atoms with Crippen LogP contribution >= 0.6 is 0 Å². The number of nitro benzene ring substituents is 1. The van der Waals surface area contributed by atoms with Crippen LogP contribution in [0.5, 0.6) is 0 Å². The Kier molecular flexibility index (Phi) is 3.57. The molecule has 0 radical (unpaired) electrons. The van der Waals surface area contributed by atoms with Gasteiger partial charge < -0.3 is 10.2 Å². The van der Waals surface area contributed by atoms with Crippen LogP contribution in [0.3, 0.4) is 0 Å². The van der Waals surface area contributed by atoms with E-state index in [1.165, 1.54) is 12.1 Å². The summed E-state index contributed by atoms with van der Waals surface area (Å²) < 4.78 is 13.5. The molecule has 0 unspecified atom stereocenters. The summed E-state index contributed by atoms with van der Waals surface area (Å²) in [5, 5.41) is 13.7. The van der Waals surface area contributed by atoms with Crippen molar-refractivity contribution in [3.8, 4) is 0 Å². The molecular formula is C12H14FN3O2. The van der Waals surface area contributed by atoms with Crippen LogP contribution in [0, 0.1) is 15.9 Å². The number of nitrogens with zero attached hydrogens (tertiary/aromatic N) is 2. The third-order valence-electron chi connectivity index (χ3n) is 2.92. The molecule has 0 aliphatic carbocycles. The number of piperazine rings is 1. The first-order valence-electron chi connectivity index (χ1n) is 5.64. The minimum absolute atomic E-state index is 0.488. The summed E-state index contributed by atoms with van der Waals surface area (Å²) in [6.07, 6.45) is 0. The molecule has 1 N–H and O–H groups in total. The molecular weight excluding hydrogens is 237 g/mol. The van der Waals surface area contributed by atoms with Crippen LogP contribution < -0.4 is 5.32 Å². The van der Waals surface area contributed by atoms with Crippen LogP contribution in [-0.2, 0) is 6.54 Å². The fourth-order valence-electron chi connectivity index (χ4n) is 1.92. The maximum atomic E-state index is 13.5. The number of hydrogen-bond donors (Lipinski definition) is 1. The van der Waals surface area contributed by atoms with Gasteiger partial charge in [0.2, 0.25) is 5.82 Å². The van der Waals surface area contributed by atoms with Crippen molar-refractivity contribution >= 4 is 5.69 Å². The lowest BCUT2D eigenvalue weighted by Gasteiger charge is -2.31. The summed E-state index contributed by atoms with van der Waals surface area (Å²) in [5.74, 6) is -0.793. The first kappa shape index (κ1) is 12.5. The molecule has 1 saturated heterocycles. The fourth-order valence-corrected chi connectivity index (χ4v) is 1.92. The molecule has 0 spiro atoms. The van der Waals surface area contributed by atoms with Gasteiger partial charge in [0.05, 0.1) is 4.92 Å². The largest absolute Gasteiger partial charge is 0.369 e. The number of nitrogens with one attached hydrogen (secondary N) is 1. The second-order valence-corrected chi connectivity index (χ2v) is 4.21. The van der Waals surface area contributed by atoms with Gasteiger partial charge in [-0.3, -0.25) is 10.1 Å². The molecule has 96 valence electrons. The second kappa shape index (κ2) is 5.14. The minimum atomic E-state index is -0.793. The Morgan fingerprint density at radius 3 is 2.94 bits per heavy atom. The Hall–Kier alpha value is -1.95. The zero-order valence-corrected chi connectivity index (χ0v) is 9.86. The van der Waals surface area contributed by atoms with Crippen molar-refractivity contribution in [2.24, 2.45) is 0 Å². The fraction of sp³-hybridized carbons (Fsp3) is 0.333. The van der Waals surface area contributed by atoms with Gasteiger partial charge in [0.15, 0.2) is 0 Å². The van der Waals surface area contributed by atoms with Crippen molar-refractivity contribution < 1.29 is 9.31 Å². The first-order valence-corrected chi connectivity index (χ1v) is 5.64. The monoisotopic (exact) mass is 251 g/mol. The van der Waals surface area contributed by atoms with Crippen LogP contribution in [0.25, 0.3) is 0 Å². The van der Waals surface area contributed by atoms with Crippen LogP contribution in [0.2, 0.25) is 0 Å². The molecule has 0 atom stereocenters. The van der Waals surface area contributed by atoms with Crippen molar-refractivity contribution in [3.63, 3.8) is 0 Å². The highest BCUT2D eigenvalue weighted by Gasteiger charge is 2.16. The van der Waals surface area contributed by atoms with Gasteiger partial charge in [-0.25, -0.2) is 0 Å². The van der Waals surface area contributed by atoms with E-state index < -0.39 is 16.4 Å². The van der Waals surface area contributed by atoms with Gasteiger partial charge in [-0.15, -0.1) is 0 Å². The van der Waals surface area contributed by atoms with E-state index in [9.17, 15) is 14.5 Å². The Labute approximate surface area is 104 Å². The van der Waals surface area contributed by atoms with E-state index in [1.807, 2.05) is 4.90 Å². The highest BCUT2D eigenvalue weighted by Crippen LogP contribution is 2.20. The van der Waals surface area contributed by atoms with Crippen molar-refractivity contribution in [3.05, 3.63) is 52.0 Å². The average molecular weight is 251 g/mol. The predicted molar refractivity (Wildman–Crippen MR) is 65.5 cm³/mol. The van der Waals surface area contributed by atoms with Crippen LogP contribution in [0.4, 0.5) is 10.1 Å². The maximum absolute atomic E-state index is 13.5. The van der Waals surface area contributed by atoms with Crippen LogP contribution in [0.1, 0.15) is 5.56 Å². The van der Waals surface area contributed by atoms with Gasteiger partial charge in [0.25, 0.3) is 0 Å². The van der Waals surface area contributed by atoms with Gasteiger partial charge in [0, 0.05) is 37.9 Å². The average Bonchev–Trinajstić information content (AvgIpc) is 2.32. The van der Waals surface area contributed by atoms with E-state index in [0.29, 0.717) is 12.1 Å². The van der Waals surface area contributed by atoms with E-state index in [0.717, 1.165) is 25.3 Å². The van der Waals surface area contributed by atoms with E-state index in [4.69, 9.17) is 0 Å². The van der Waals surface area contributed by atoms with Crippen LogP contribution in [0.15, 0.2) is 30.5 Å². The van der Waals surface area contributed by atoms with Gasteiger partial charge in [0.1, 0.15) is 0 Å². The third-order valence-corrected chi connectivity index (χ3v) is 2.92. The van der Waals surface area contributed by atoms with E-state index in [1.54, 1.807) is 6.07 Å². The number of benzene rings is 1. The molecule has 0 bridgehead atoms. The minimum Gasteiger partial charge on any atom is -0.369 e. The van der Waals surface area contributed by atoms with Crippen molar-refractivity contribution in [1.29, 1.82) is 0 Å². The molecule has 0 aromatic heterocycles. The topological polar surface area (TPSA) is 58.4 Å². The van der Waals surface area contributed by atoms with Crippen molar-refractivity contribution in [2.75, 3.05) is 19.6 Å². The Balaban J connectivity index is 2.12. The molecule has 1 aliphatic heterocycles. The van der Waals surface area contributed by atoms with Crippen molar-refractivity contribution in [1.82, 2.24) is 10.2 Å². The summed E-state index contributed by atoms with van der Waals surface area (Å²) in [4.78, 5) is 11.8. The summed E-state index contributed by atoms with van der Waals surface area (Å²) >= 11 is 0. The predicted octanol–water partition coefficient (Wildman–Crippen LogP) is 1.65. The third kappa shape index (κ3) is 2.65. The van der Waals surface area contributed by atoms with Crippen LogP contribution in [-0.4, -0.2) is 29.5 Å². The molecule has 2 rings (SSSR count). The molecule has 18 heavy (non-hydrogen) atoms. The first-order chi connectivity index (χ1) is 8.58. The number of nitro groups is 1. The second-order valence-electron chi connectivity index (χ2n) is 4.21. The number of rotatable bonds is 3. The smallest absolute Gasteiger partial charge is 0.304 e. The number of hydrogen-bond acceptors (Lipinski definition) is 4. The van der Waals surface area contributed by atoms with E-state index in [2.05, 4.69) is 11.9 Å². The van der Waals surface area contributed by atoms with E-state index in [-0.39, 0.29) is 0 Å². The molecule has 1 aromatic carbocycles. The molecule has 1 fully saturated rings. The highest BCUT2D eigenvalue weighted by atomic mass is 19.1. The number of halogens is 1. The zero-order valence-electron chi connectivity index (χ0n) is 9.86. The lowest BCUT2D eigenvalue weighted by atomic mass is 10.1. The lowest BCUT2D eigenvalue weighted by molar-refractivity contribution is -0.387.